The zero-order chi connectivity index (χ0) is 12.6. The molecule has 0 aliphatic carbocycles. The van der Waals surface area contributed by atoms with Crippen LogP contribution in [0, 0.1) is 5.82 Å². The minimum absolute atomic E-state index is 0.0491. The van der Waals surface area contributed by atoms with Crippen molar-refractivity contribution in [2.24, 2.45) is 0 Å². The van der Waals surface area contributed by atoms with Gasteiger partial charge < -0.3 is 10.2 Å². The molecule has 2 rings (SSSR count). The highest BCUT2D eigenvalue weighted by molar-refractivity contribution is 5.58. The molecule has 0 aliphatic heterocycles. The van der Waals surface area contributed by atoms with Crippen LogP contribution < -0.4 is 5.73 Å². The zero-order valence-electron chi connectivity index (χ0n) is 8.25. The smallest absolute Gasteiger partial charge is 0.419 e. The Bertz CT molecular complexity index is 547. The lowest BCUT2D eigenvalue weighted by Gasteiger charge is -2.08. The first-order valence-electron chi connectivity index (χ1n) is 4.46. The predicted octanol–water partition coefficient (Wildman–Crippen LogP) is 3.08. The second-order valence-electron chi connectivity index (χ2n) is 3.26. The Hall–Kier alpha value is -2.05. The van der Waals surface area contributed by atoms with Gasteiger partial charge >= 0.3 is 6.18 Å². The molecule has 0 fully saturated rings. The standard InChI is InChI=1S/C10H6F4N2O/c11-7-2-1-5(3-6(7)10(12,13)14)8-4-16-9(15)17-8/h1-4H,(H2,15,16). The van der Waals surface area contributed by atoms with Crippen LogP contribution in [0.5, 0.6) is 0 Å². The molecule has 2 aromatic rings. The number of halogens is 4. The summed E-state index contributed by atoms with van der Waals surface area (Å²) in [4.78, 5) is 3.54. The number of aromatic nitrogens is 1. The summed E-state index contributed by atoms with van der Waals surface area (Å²) >= 11 is 0. The minimum Gasteiger partial charge on any atom is -0.424 e. The third kappa shape index (κ3) is 2.22. The SMILES string of the molecule is Nc1ncc(-c2ccc(F)c(C(F)(F)F)c2)o1. The molecule has 90 valence electrons. The molecule has 0 radical (unpaired) electrons. The highest BCUT2D eigenvalue weighted by Gasteiger charge is 2.34. The van der Waals surface area contributed by atoms with E-state index in [1.165, 1.54) is 6.20 Å². The number of anilines is 1. The number of nitrogens with two attached hydrogens (primary N) is 1. The van der Waals surface area contributed by atoms with Crippen molar-refractivity contribution in [2.75, 3.05) is 5.73 Å². The van der Waals surface area contributed by atoms with Crippen LogP contribution in [0.15, 0.2) is 28.8 Å². The van der Waals surface area contributed by atoms with E-state index in [9.17, 15) is 17.6 Å². The van der Waals surface area contributed by atoms with Crippen molar-refractivity contribution in [3.8, 4) is 11.3 Å². The first-order valence-corrected chi connectivity index (χ1v) is 4.46. The molecule has 0 unspecified atom stereocenters. The highest BCUT2D eigenvalue weighted by atomic mass is 19.4. The van der Waals surface area contributed by atoms with Crippen molar-refractivity contribution < 1.29 is 22.0 Å². The second kappa shape index (κ2) is 3.76. The summed E-state index contributed by atoms with van der Waals surface area (Å²) in [5, 5.41) is 0. The minimum atomic E-state index is -4.76. The topological polar surface area (TPSA) is 52.0 Å². The molecule has 7 heteroatoms. The summed E-state index contributed by atoms with van der Waals surface area (Å²) in [6.07, 6.45) is -3.59. The monoisotopic (exact) mass is 246 g/mol. The summed E-state index contributed by atoms with van der Waals surface area (Å²) in [5.74, 6) is -1.29. The van der Waals surface area contributed by atoms with E-state index in [-0.39, 0.29) is 17.3 Å². The first-order chi connectivity index (χ1) is 7.88. The molecule has 0 amide bonds. The largest absolute Gasteiger partial charge is 0.424 e. The molecule has 1 heterocycles. The van der Waals surface area contributed by atoms with E-state index in [4.69, 9.17) is 10.2 Å². The van der Waals surface area contributed by atoms with Crippen LogP contribution in [-0.2, 0) is 6.18 Å². The quantitative estimate of drug-likeness (QED) is 0.786. The van der Waals surface area contributed by atoms with Gasteiger partial charge in [0.1, 0.15) is 5.82 Å². The van der Waals surface area contributed by atoms with Crippen LogP contribution >= 0.6 is 0 Å². The van der Waals surface area contributed by atoms with Crippen molar-refractivity contribution in [3.63, 3.8) is 0 Å². The van der Waals surface area contributed by atoms with E-state index >= 15 is 0 Å². The van der Waals surface area contributed by atoms with Crippen molar-refractivity contribution >= 4 is 6.01 Å². The van der Waals surface area contributed by atoms with E-state index in [1.807, 2.05) is 0 Å². The summed E-state index contributed by atoms with van der Waals surface area (Å²) < 4.78 is 55.2. The molecule has 1 aromatic carbocycles. The van der Waals surface area contributed by atoms with Crippen LogP contribution in [0.4, 0.5) is 23.6 Å². The number of alkyl halides is 3. The number of benzene rings is 1. The average molecular weight is 246 g/mol. The Balaban J connectivity index is 2.51. The van der Waals surface area contributed by atoms with Gasteiger partial charge in [0.2, 0.25) is 0 Å². The maximum atomic E-state index is 13.0. The molecule has 0 saturated heterocycles. The van der Waals surface area contributed by atoms with E-state index in [1.54, 1.807) is 0 Å². The van der Waals surface area contributed by atoms with Gasteiger partial charge in [-0.25, -0.2) is 9.37 Å². The summed E-state index contributed by atoms with van der Waals surface area (Å²) in [6.45, 7) is 0. The van der Waals surface area contributed by atoms with Crippen LogP contribution in [0.3, 0.4) is 0 Å². The van der Waals surface area contributed by atoms with Crippen LogP contribution in [0.2, 0.25) is 0 Å². The Morgan fingerprint density at radius 2 is 1.94 bits per heavy atom. The number of nitrogens with zero attached hydrogens (tertiary/aromatic N) is 1. The van der Waals surface area contributed by atoms with E-state index in [2.05, 4.69) is 4.98 Å². The van der Waals surface area contributed by atoms with Gasteiger partial charge in [-0.1, -0.05) is 0 Å². The molecule has 0 bridgehead atoms. The third-order valence-electron chi connectivity index (χ3n) is 2.08. The number of hydrogen-bond acceptors (Lipinski definition) is 3. The Kier molecular flexibility index (Phi) is 2.53. The molecular formula is C10H6F4N2O. The van der Waals surface area contributed by atoms with Gasteiger partial charge in [0.25, 0.3) is 6.01 Å². The van der Waals surface area contributed by atoms with Gasteiger partial charge in [0.05, 0.1) is 11.8 Å². The zero-order valence-corrected chi connectivity index (χ0v) is 8.25. The lowest BCUT2D eigenvalue weighted by molar-refractivity contribution is -0.139. The van der Waals surface area contributed by atoms with Gasteiger partial charge in [-0.05, 0) is 18.2 Å². The summed E-state index contributed by atoms with van der Waals surface area (Å²) in [5.41, 5.74) is 3.90. The fourth-order valence-electron chi connectivity index (χ4n) is 1.32. The Labute approximate surface area is 92.9 Å². The molecule has 0 aliphatic rings. The summed E-state index contributed by atoms with van der Waals surface area (Å²) in [7, 11) is 0. The third-order valence-corrected chi connectivity index (χ3v) is 2.08. The first kappa shape index (κ1) is 11.4. The number of hydrogen-bond donors (Lipinski definition) is 1. The van der Waals surface area contributed by atoms with Gasteiger partial charge in [0, 0.05) is 5.56 Å². The molecule has 0 atom stereocenters. The van der Waals surface area contributed by atoms with Crippen molar-refractivity contribution in [1.29, 1.82) is 0 Å². The van der Waals surface area contributed by atoms with Crippen molar-refractivity contribution in [1.82, 2.24) is 4.98 Å². The lowest BCUT2D eigenvalue weighted by Crippen LogP contribution is -2.08. The van der Waals surface area contributed by atoms with Crippen LogP contribution in [0.25, 0.3) is 11.3 Å². The molecule has 3 nitrogen and oxygen atoms in total. The Morgan fingerprint density at radius 1 is 1.24 bits per heavy atom. The molecule has 17 heavy (non-hydrogen) atoms. The fourth-order valence-corrected chi connectivity index (χ4v) is 1.32. The predicted molar refractivity (Wildman–Crippen MR) is 51.3 cm³/mol. The highest BCUT2D eigenvalue weighted by Crippen LogP contribution is 2.34. The van der Waals surface area contributed by atoms with Gasteiger partial charge in [-0.2, -0.15) is 13.2 Å². The Morgan fingerprint density at radius 3 is 2.47 bits per heavy atom. The van der Waals surface area contributed by atoms with Crippen LogP contribution in [0.1, 0.15) is 5.56 Å². The number of oxazole rings is 1. The van der Waals surface area contributed by atoms with Crippen molar-refractivity contribution in [2.45, 2.75) is 6.18 Å². The number of nitrogen functional groups attached to an aromatic ring is 1. The maximum Gasteiger partial charge on any atom is 0.419 e. The van der Waals surface area contributed by atoms with E-state index in [0.717, 1.165) is 12.1 Å². The normalized spacial score (nSPS) is 11.8. The molecule has 1 aromatic heterocycles. The molecular weight excluding hydrogens is 240 g/mol. The lowest BCUT2D eigenvalue weighted by atomic mass is 10.1. The van der Waals surface area contributed by atoms with E-state index < -0.39 is 17.6 Å². The fraction of sp³-hybridized carbons (Fsp3) is 0.100. The molecule has 0 spiro atoms. The number of rotatable bonds is 1. The van der Waals surface area contributed by atoms with E-state index in [0.29, 0.717) is 6.07 Å². The van der Waals surface area contributed by atoms with Crippen molar-refractivity contribution in [3.05, 3.63) is 35.8 Å². The van der Waals surface area contributed by atoms with Crippen LogP contribution in [-0.4, -0.2) is 4.98 Å². The van der Waals surface area contributed by atoms with Gasteiger partial charge in [-0.3, -0.25) is 0 Å². The second-order valence-corrected chi connectivity index (χ2v) is 3.26. The average Bonchev–Trinajstić information content (AvgIpc) is 2.64. The molecule has 2 N–H and O–H groups in total. The van der Waals surface area contributed by atoms with Gasteiger partial charge in [-0.15, -0.1) is 0 Å². The molecule has 0 saturated carbocycles. The van der Waals surface area contributed by atoms with Gasteiger partial charge in [0.15, 0.2) is 5.76 Å². The maximum absolute atomic E-state index is 13.0. The summed E-state index contributed by atoms with van der Waals surface area (Å²) in [6, 6.07) is 2.36.